The highest BCUT2D eigenvalue weighted by Crippen LogP contribution is 2.43. The van der Waals surface area contributed by atoms with Gasteiger partial charge in [0.2, 0.25) is 0 Å². The maximum atomic E-state index is 10.4. The summed E-state index contributed by atoms with van der Waals surface area (Å²) in [4.78, 5) is 0. The van der Waals surface area contributed by atoms with E-state index in [1.165, 1.54) is 5.56 Å². The molecule has 2 heteroatoms. The monoisotopic (exact) mass is 234 g/mol. The third-order valence-corrected chi connectivity index (χ3v) is 3.74. The summed E-state index contributed by atoms with van der Waals surface area (Å²) in [6.45, 7) is 6.73. The van der Waals surface area contributed by atoms with Crippen LogP contribution in [-0.4, -0.2) is 16.8 Å². The summed E-state index contributed by atoms with van der Waals surface area (Å²) in [7, 11) is 0. The van der Waals surface area contributed by atoms with Crippen molar-refractivity contribution in [3.8, 4) is 5.75 Å². The molecule has 2 N–H and O–H groups in total. The molecular weight excluding hydrogens is 212 g/mol. The summed E-state index contributed by atoms with van der Waals surface area (Å²) < 4.78 is 0. The average molecular weight is 234 g/mol. The van der Waals surface area contributed by atoms with Crippen molar-refractivity contribution in [3.05, 3.63) is 28.3 Å². The maximum absolute atomic E-state index is 10.4. The Balaban J connectivity index is 2.39. The van der Waals surface area contributed by atoms with Crippen molar-refractivity contribution in [2.24, 2.45) is 5.41 Å². The lowest BCUT2D eigenvalue weighted by Gasteiger charge is -2.15. The highest BCUT2D eigenvalue weighted by Gasteiger charge is 2.31. The normalized spacial score (nSPS) is 17.2. The van der Waals surface area contributed by atoms with Crippen molar-refractivity contribution in [1.82, 2.24) is 0 Å². The summed E-state index contributed by atoms with van der Waals surface area (Å²) in [5.41, 5.74) is 4.89. The summed E-state index contributed by atoms with van der Waals surface area (Å²) in [6, 6.07) is 2.22. The number of aryl methyl sites for hydroxylation is 1. The fourth-order valence-electron chi connectivity index (χ4n) is 2.94. The van der Waals surface area contributed by atoms with Crippen molar-refractivity contribution in [1.29, 1.82) is 0 Å². The van der Waals surface area contributed by atoms with Gasteiger partial charge in [0.15, 0.2) is 0 Å². The van der Waals surface area contributed by atoms with E-state index in [0.717, 1.165) is 42.4 Å². The number of phenols is 1. The van der Waals surface area contributed by atoms with Crippen LogP contribution in [0, 0.1) is 12.3 Å². The lowest BCUT2D eigenvalue weighted by atomic mass is 9.90. The number of hydrogen-bond donors (Lipinski definition) is 2. The Morgan fingerprint density at radius 1 is 1.29 bits per heavy atom. The zero-order valence-corrected chi connectivity index (χ0v) is 11.0. The highest BCUT2D eigenvalue weighted by molar-refractivity contribution is 5.52. The predicted octanol–water partition coefficient (Wildman–Crippen LogP) is 2.75. The van der Waals surface area contributed by atoms with E-state index in [1.807, 2.05) is 0 Å². The van der Waals surface area contributed by atoms with Crippen molar-refractivity contribution in [2.75, 3.05) is 6.61 Å². The SMILES string of the molecule is Cc1cc2c(c(O)c1CCCO)CC(C)(C)C2. The fraction of sp³-hybridized carbons (Fsp3) is 0.600. The number of aliphatic hydroxyl groups is 1. The number of rotatable bonds is 3. The van der Waals surface area contributed by atoms with Gasteiger partial charge < -0.3 is 10.2 Å². The smallest absolute Gasteiger partial charge is 0.122 e. The zero-order valence-electron chi connectivity index (χ0n) is 11.0. The van der Waals surface area contributed by atoms with E-state index < -0.39 is 0 Å². The van der Waals surface area contributed by atoms with Gasteiger partial charge in [-0.15, -0.1) is 0 Å². The lowest BCUT2D eigenvalue weighted by molar-refractivity contribution is 0.288. The molecule has 0 unspecified atom stereocenters. The largest absolute Gasteiger partial charge is 0.507 e. The number of benzene rings is 1. The first kappa shape index (κ1) is 12.4. The van der Waals surface area contributed by atoms with Gasteiger partial charge >= 0.3 is 0 Å². The molecule has 1 aromatic rings. The van der Waals surface area contributed by atoms with Crippen LogP contribution in [0.4, 0.5) is 0 Å². The molecule has 0 saturated heterocycles. The van der Waals surface area contributed by atoms with Gasteiger partial charge in [0.1, 0.15) is 5.75 Å². The van der Waals surface area contributed by atoms with Gasteiger partial charge in [0.25, 0.3) is 0 Å². The van der Waals surface area contributed by atoms with E-state index in [9.17, 15) is 5.11 Å². The first-order valence-electron chi connectivity index (χ1n) is 6.38. The summed E-state index contributed by atoms with van der Waals surface area (Å²) in [5, 5.41) is 19.3. The van der Waals surface area contributed by atoms with Crippen LogP contribution in [0.1, 0.15) is 42.5 Å². The Labute approximate surface area is 103 Å². The van der Waals surface area contributed by atoms with Crippen LogP contribution in [0.25, 0.3) is 0 Å². The van der Waals surface area contributed by atoms with Gasteiger partial charge in [-0.3, -0.25) is 0 Å². The number of phenolic OH excluding ortho intramolecular Hbond substituents is 1. The standard InChI is InChI=1S/C15H22O2/c1-10-7-11-8-15(2,3)9-13(11)14(17)12(10)5-4-6-16/h7,16-17H,4-6,8-9H2,1-3H3. The van der Waals surface area contributed by atoms with Crippen molar-refractivity contribution >= 4 is 0 Å². The molecule has 2 nitrogen and oxygen atoms in total. The molecule has 0 saturated carbocycles. The van der Waals surface area contributed by atoms with Crippen molar-refractivity contribution in [3.63, 3.8) is 0 Å². The van der Waals surface area contributed by atoms with Crippen LogP contribution in [0.2, 0.25) is 0 Å². The molecule has 0 bridgehead atoms. The third kappa shape index (κ3) is 2.32. The summed E-state index contributed by atoms with van der Waals surface area (Å²) >= 11 is 0. The van der Waals surface area contributed by atoms with E-state index in [2.05, 4.69) is 26.8 Å². The van der Waals surface area contributed by atoms with Gasteiger partial charge in [-0.2, -0.15) is 0 Å². The first-order chi connectivity index (χ1) is 7.94. The van der Waals surface area contributed by atoms with Gasteiger partial charge in [0.05, 0.1) is 0 Å². The van der Waals surface area contributed by atoms with Gasteiger partial charge in [-0.05, 0) is 60.3 Å². The molecule has 0 aliphatic heterocycles. The molecule has 0 amide bonds. The van der Waals surface area contributed by atoms with Crippen LogP contribution >= 0.6 is 0 Å². The van der Waals surface area contributed by atoms with Crippen LogP contribution in [0.15, 0.2) is 6.07 Å². The molecule has 0 fully saturated rings. The minimum atomic E-state index is 0.182. The predicted molar refractivity (Wildman–Crippen MR) is 69.4 cm³/mol. The molecule has 94 valence electrons. The molecule has 2 rings (SSSR count). The van der Waals surface area contributed by atoms with E-state index in [0.29, 0.717) is 5.75 Å². The van der Waals surface area contributed by atoms with Gasteiger partial charge in [0, 0.05) is 6.61 Å². The van der Waals surface area contributed by atoms with Crippen LogP contribution in [0.5, 0.6) is 5.75 Å². The van der Waals surface area contributed by atoms with E-state index in [1.54, 1.807) is 0 Å². The number of aromatic hydroxyl groups is 1. The first-order valence-corrected chi connectivity index (χ1v) is 6.38. The van der Waals surface area contributed by atoms with E-state index in [4.69, 9.17) is 5.11 Å². The molecule has 0 atom stereocenters. The maximum Gasteiger partial charge on any atom is 0.122 e. The average Bonchev–Trinajstić information content (AvgIpc) is 2.53. The Morgan fingerprint density at radius 3 is 2.65 bits per heavy atom. The van der Waals surface area contributed by atoms with Crippen molar-refractivity contribution < 1.29 is 10.2 Å². The quantitative estimate of drug-likeness (QED) is 0.844. The molecule has 1 aliphatic rings. The topological polar surface area (TPSA) is 40.5 Å². The second-order valence-electron chi connectivity index (χ2n) is 6.00. The molecule has 17 heavy (non-hydrogen) atoms. The number of aliphatic hydroxyl groups excluding tert-OH is 1. The van der Waals surface area contributed by atoms with E-state index in [-0.39, 0.29) is 12.0 Å². The molecule has 0 radical (unpaired) electrons. The summed E-state index contributed by atoms with van der Waals surface area (Å²) in [6.07, 6.45) is 3.50. The molecule has 1 aromatic carbocycles. The second kappa shape index (κ2) is 4.34. The Morgan fingerprint density at radius 2 is 2.00 bits per heavy atom. The Bertz CT molecular complexity index is 433. The van der Waals surface area contributed by atoms with Crippen LogP contribution in [-0.2, 0) is 19.3 Å². The Hall–Kier alpha value is -1.02. The van der Waals surface area contributed by atoms with Crippen LogP contribution < -0.4 is 0 Å². The lowest BCUT2D eigenvalue weighted by Crippen LogP contribution is -2.09. The minimum Gasteiger partial charge on any atom is -0.507 e. The van der Waals surface area contributed by atoms with Crippen LogP contribution in [0.3, 0.4) is 0 Å². The third-order valence-electron chi connectivity index (χ3n) is 3.74. The molecular formula is C15H22O2. The molecule has 0 heterocycles. The Kier molecular flexibility index (Phi) is 3.17. The van der Waals surface area contributed by atoms with Crippen molar-refractivity contribution in [2.45, 2.75) is 46.5 Å². The fourth-order valence-corrected chi connectivity index (χ4v) is 2.94. The molecule has 0 spiro atoms. The molecule has 1 aliphatic carbocycles. The minimum absolute atomic E-state index is 0.182. The zero-order chi connectivity index (χ0) is 12.6. The number of fused-ring (bicyclic) bond motifs is 1. The number of hydrogen-bond acceptors (Lipinski definition) is 2. The summed E-state index contributed by atoms with van der Waals surface area (Å²) in [5.74, 6) is 0.485. The van der Waals surface area contributed by atoms with Gasteiger partial charge in [-0.25, -0.2) is 0 Å². The van der Waals surface area contributed by atoms with E-state index >= 15 is 0 Å². The second-order valence-corrected chi connectivity index (χ2v) is 6.00. The van der Waals surface area contributed by atoms with Gasteiger partial charge in [-0.1, -0.05) is 19.9 Å². The highest BCUT2D eigenvalue weighted by atomic mass is 16.3. The molecule has 0 aromatic heterocycles.